The fourth-order valence-electron chi connectivity index (χ4n) is 2.09. The third-order valence-electron chi connectivity index (χ3n) is 3.32. The average molecular weight is 293 g/mol. The van der Waals surface area contributed by atoms with E-state index in [4.69, 9.17) is 4.74 Å². The predicted molar refractivity (Wildman–Crippen MR) is 76.3 cm³/mol. The molecule has 2 unspecified atom stereocenters. The summed E-state index contributed by atoms with van der Waals surface area (Å²) in [5.74, 6) is 0. The molecule has 0 saturated carbocycles. The molecule has 0 spiro atoms. The van der Waals surface area contributed by atoms with Crippen LogP contribution in [0.5, 0.6) is 0 Å². The molecule has 0 amide bonds. The lowest BCUT2D eigenvalue weighted by Gasteiger charge is -2.37. The number of rotatable bonds is 7. The minimum Gasteiger partial charge on any atom is -0.375 e. The summed E-state index contributed by atoms with van der Waals surface area (Å²) in [4.78, 5) is 0. The van der Waals surface area contributed by atoms with Gasteiger partial charge in [0.25, 0.3) is 10.2 Å². The van der Waals surface area contributed by atoms with Gasteiger partial charge in [-0.2, -0.15) is 17.0 Å². The van der Waals surface area contributed by atoms with Crippen molar-refractivity contribution in [2.24, 2.45) is 0 Å². The van der Waals surface area contributed by atoms with Gasteiger partial charge in [-0.3, -0.25) is 0 Å². The summed E-state index contributed by atoms with van der Waals surface area (Å²) in [5.41, 5.74) is 0. The quantitative estimate of drug-likeness (QED) is 0.685. The maximum Gasteiger partial charge on any atom is 0.282 e. The first kappa shape index (κ1) is 16.8. The Morgan fingerprint density at radius 3 is 2.74 bits per heavy atom. The van der Waals surface area contributed by atoms with E-state index in [1.807, 2.05) is 20.8 Å². The summed E-state index contributed by atoms with van der Waals surface area (Å²) < 4.78 is 33.4. The van der Waals surface area contributed by atoms with Crippen LogP contribution in [0.3, 0.4) is 0 Å². The molecule has 6 nitrogen and oxygen atoms in total. The lowest BCUT2D eigenvalue weighted by atomic mass is 10.2. The van der Waals surface area contributed by atoms with E-state index in [9.17, 15) is 8.42 Å². The van der Waals surface area contributed by atoms with Crippen LogP contribution in [0.1, 0.15) is 27.2 Å². The number of nitrogens with one attached hydrogen (secondary N) is 1. The highest BCUT2D eigenvalue weighted by atomic mass is 32.2. The molecule has 1 aliphatic heterocycles. The number of hydrogen-bond donors (Lipinski definition) is 1. The standard InChI is InChI=1S/C12H27N3O3S/c1-5-13-7-6-8-14(4)19(16,17)15-9-12(3)18-10-11(15)2/h11-13H,5-10H2,1-4H3. The van der Waals surface area contributed by atoms with E-state index in [2.05, 4.69) is 5.32 Å². The Morgan fingerprint density at radius 1 is 1.42 bits per heavy atom. The van der Waals surface area contributed by atoms with Gasteiger partial charge in [-0.05, 0) is 33.4 Å². The zero-order valence-electron chi connectivity index (χ0n) is 12.4. The van der Waals surface area contributed by atoms with Crippen LogP contribution in [-0.2, 0) is 14.9 Å². The van der Waals surface area contributed by atoms with Crippen LogP contribution in [0.4, 0.5) is 0 Å². The first-order valence-corrected chi connectivity index (χ1v) is 8.34. The highest BCUT2D eigenvalue weighted by Gasteiger charge is 2.35. The van der Waals surface area contributed by atoms with E-state index in [0.717, 1.165) is 19.5 Å². The largest absolute Gasteiger partial charge is 0.375 e. The Balaban J connectivity index is 2.57. The molecule has 1 fully saturated rings. The van der Waals surface area contributed by atoms with Crippen LogP contribution >= 0.6 is 0 Å². The normalized spacial score (nSPS) is 25.9. The van der Waals surface area contributed by atoms with Crippen molar-refractivity contribution in [2.75, 3.05) is 39.8 Å². The molecule has 2 atom stereocenters. The zero-order chi connectivity index (χ0) is 14.5. The Labute approximate surface area is 117 Å². The van der Waals surface area contributed by atoms with Crippen LogP contribution in [0.2, 0.25) is 0 Å². The van der Waals surface area contributed by atoms with Gasteiger partial charge in [0.2, 0.25) is 0 Å². The minimum atomic E-state index is -3.37. The predicted octanol–water partition coefficient (Wildman–Crippen LogP) is 0.272. The second kappa shape index (κ2) is 7.54. The van der Waals surface area contributed by atoms with Crippen molar-refractivity contribution in [2.45, 2.75) is 39.3 Å². The molecular weight excluding hydrogens is 266 g/mol. The number of ether oxygens (including phenoxy) is 1. The van der Waals surface area contributed by atoms with Gasteiger partial charge in [0, 0.05) is 26.2 Å². The van der Waals surface area contributed by atoms with E-state index in [0.29, 0.717) is 19.7 Å². The van der Waals surface area contributed by atoms with Crippen molar-refractivity contribution in [3.63, 3.8) is 0 Å². The topological polar surface area (TPSA) is 61.9 Å². The third-order valence-corrected chi connectivity index (χ3v) is 5.39. The van der Waals surface area contributed by atoms with Crippen molar-refractivity contribution in [3.8, 4) is 0 Å². The summed E-state index contributed by atoms with van der Waals surface area (Å²) in [6.07, 6.45) is 0.777. The monoisotopic (exact) mass is 293 g/mol. The van der Waals surface area contributed by atoms with E-state index < -0.39 is 10.2 Å². The molecule has 114 valence electrons. The molecule has 1 aliphatic rings. The van der Waals surface area contributed by atoms with Gasteiger partial charge in [-0.15, -0.1) is 0 Å². The van der Waals surface area contributed by atoms with Crippen molar-refractivity contribution in [1.29, 1.82) is 0 Å². The minimum absolute atomic E-state index is 0.0406. The second-order valence-corrected chi connectivity index (χ2v) is 7.09. The molecule has 1 saturated heterocycles. The van der Waals surface area contributed by atoms with E-state index >= 15 is 0 Å². The third kappa shape index (κ3) is 4.68. The lowest BCUT2D eigenvalue weighted by molar-refractivity contribution is -0.0188. The maximum atomic E-state index is 12.5. The van der Waals surface area contributed by atoms with Crippen molar-refractivity contribution in [3.05, 3.63) is 0 Å². The highest BCUT2D eigenvalue weighted by molar-refractivity contribution is 7.86. The number of hydrogen-bond acceptors (Lipinski definition) is 4. The Kier molecular flexibility index (Phi) is 6.68. The van der Waals surface area contributed by atoms with Crippen molar-refractivity contribution < 1.29 is 13.2 Å². The molecule has 19 heavy (non-hydrogen) atoms. The summed E-state index contributed by atoms with van der Waals surface area (Å²) in [7, 11) is -1.73. The van der Waals surface area contributed by atoms with Gasteiger partial charge in [0.05, 0.1) is 12.7 Å². The first-order valence-electron chi connectivity index (χ1n) is 6.95. The second-order valence-electron chi connectivity index (χ2n) is 5.10. The molecule has 0 aromatic carbocycles. The molecule has 0 radical (unpaired) electrons. The van der Waals surface area contributed by atoms with Crippen LogP contribution in [-0.4, -0.2) is 69.0 Å². The Morgan fingerprint density at radius 2 is 2.11 bits per heavy atom. The molecule has 1 N–H and O–H groups in total. The van der Waals surface area contributed by atoms with E-state index in [1.54, 1.807) is 11.4 Å². The van der Waals surface area contributed by atoms with Crippen LogP contribution in [0.15, 0.2) is 0 Å². The lowest BCUT2D eigenvalue weighted by Crippen LogP contribution is -2.54. The molecule has 0 aliphatic carbocycles. The summed E-state index contributed by atoms with van der Waals surface area (Å²) in [6.45, 7) is 9.01. The number of morpholine rings is 1. The fraction of sp³-hybridized carbons (Fsp3) is 1.00. The van der Waals surface area contributed by atoms with Gasteiger partial charge < -0.3 is 10.1 Å². The maximum absolute atomic E-state index is 12.5. The van der Waals surface area contributed by atoms with Crippen LogP contribution in [0, 0.1) is 0 Å². The first-order chi connectivity index (χ1) is 8.89. The SMILES string of the molecule is CCNCCCN(C)S(=O)(=O)N1CC(C)OCC1C. The zero-order valence-corrected chi connectivity index (χ0v) is 13.2. The van der Waals surface area contributed by atoms with Gasteiger partial charge in [0.15, 0.2) is 0 Å². The van der Waals surface area contributed by atoms with Gasteiger partial charge in [-0.1, -0.05) is 6.92 Å². The Hall–Kier alpha value is -0.210. The van der Waals surface area contributed by atoms with Crippen molar-refractivity contribution in [1.82, 2.24) is 13.9 Å². The molecule has 0 bridgehead atoms. The summed E-state index contributed by atoms with van der Waals surface area (Å²) in [5, 5.41) is 3.20. The van der Waals surface area contributed by atoms with Crippen LogP contribution < -0.4 is 5.32 Å². The molecule has 0 aromatic heterocycles. The van der Waals surface area contributed by atoms with Gasteiger partial charge in [0.1, 0.15) is 0 Å². The number of nitrogens with zero attached hydrogens (tertiary/aromatic N) is 2. The molecule has 0 aromatic rings. The van der Waals surface area contributed by atoms with Crippen molar-refractivity contribution >= 4 is 10.2 Å². The molecular formula is C12H27N3O3S. The van der Waals surface area contributed by atoms with Gasteiger partial charge >= 0.3 is 0 Å². The molecule has 7 heteroatoms. The van der Waals surface area contributed by atoms with Gasteiger partial charge in [-0.25, -0.2) is 0 Å². The Bertz CT molecular complexity index is 361. The highest BCUT2D eigenvalue weighted by Crippen LogP contribution is 2.18. The molecule has 1 heterocycles. The molecule has 1 rings (SSSR count). The smallest absolute Gasteiger partial charge is 0.282 e. The van der Waals surface area contributed by atoms with E-state index in [1.165, 1.54) is 4.31 Å². The van der Waals surface area contributed by atoms with Crippen LogP contribution in [0.25, 0.3) is 0 Å². The average Bonchev–Trinajstić information content (AvgIpc) is 2.37. The fourth-order valence-corrected chi connectivity index (χ4v) is 3.72. The van der Waals surface area contributed by atoms with E-state index in [-0.39, 0.29) is 12.1 Å². The summed E-state index contributed by atoms with van der Waals surface area (Å²) >= 11 is 0. The summed E-state index contributed by atoms with van der Waals surface area (Å²) in [6, 6.07) is -0.0996.